The number of carbonyl (C=O) groups excluding carboxylic acids is 1. The first-order valence-corrected chi connectivity index (χ1v) is 6.13. The first-order chi connectivity index (χ1) is 9.20. The summed E-state index contributed by atoms with van der Waals surface area (Å²) in [7, 11) is 1.62. The summed E-state index contributed by atoms with van der Waals surface area (Å²) in [6.45, 7) is 0.366. The van der Waals surface area contributed by atoms with Crippen molar-refractivity contribution in [1.29, 1.82) is 0 Å². The molecule has 0 heterocycles. The maximum atomic E-state index is 11.2. The summed E-state index contributed by atoms with van der Waals surface area (Å²) in [4.78, 5) is 11.2. The van der Waals surface area contributed by atoms with E-state index >= 15 is 0 Å². The van der Waals surface area contributed by atoms with Gasteiger partial charge < -0.3 is 9.47 Å². The van der Waals surface area contributed by atoms with Crippen LogP contribution in [0.2, 0.25) is 0 Å². The highest BCUT2D eigenvalue weighted by Gasteiger charge is 2.09. The molecule has 0 aromatic heterocycles. The lowest BCUT2D eigenvalue weighted by molar-refractivity contribution is 0.107. The minimum atomic E-state index is -0.523. The van der Waals surface area contributed by atoms with Gasteiger partial charge in [-0.15, -0.1) is 0 Å². The van der Waals surface area contributed by atoms with Crippen molar-refractivity contribution in [2.75, 3.05) is 7.11 Å². The molecule has 0 fully saturated rings. The van der Waals surface area contributed by atoms with Gasteiger partial charge in [-0.25, -0.2) is 0 Å². The summed E-state index contributed by atoms with van der Waals surface area (Å²) in [6.07, 6.45) is 0. The van der Waals surface area contributed by atoms with E-state index in [1.54, 1.807) is 31.4 Å². The maximum Gasteiger partial charge on any atom is 0.256 e. The van der Waals surface area contributed by atoms with Crippen LogP contribution in [0.1, 0.15) is 15.9 Å². The van der Waals surface area contributed by atoms with Crippen molar-refractivity contribution >= 4 is 16.8 Å². The van der Waals surface area contributed by atoms with Crippen LogP contribution >= 0.6 is 11.6 Å². The molecule has 19 heavy (non-hydrogen) atoms. The number of hydrogen-bond donors (Lipinski definition) is 0. The molecule has 4 heteroatoms. The number of halogens is 1. The lowest BCUT2D eigenvalue weighted by Gasteiger charge is -2.09. The third kappa shape index (κ3) is 3.48. The van der Waals surface area contributed by atoms with Crippen LogP contribution in [0.3, 0.4) is 0 Å². The van der Waals surface area contributed by atoms with Gasteiger partial charge in [0.05, 0.1) is 12.7 Å². The Morgan fingerprint density at radius 3 is 2.42 bits per heavy atom. The number of hydrogen-bond acceptors (Lipinski definition) is 3. The second-order valence-electron chi connectivity index (χ2n) is 3.91. The molecule has 0 radical (unpaired) electrons. The fourth-order valence-electron chi connectivity index (χ4n) is 1.64. The molecule has 0 aliphatic heterocycles. The Bertz CT molecular complexity index is 564. The zero-order chi connectivity index (χ0) is 13.7. The second kappa shape index (κ2) is 6.25. The standard InChI is InChI=1S/C15H13ClO3/c1-18-12-8-6-11(7-9-12)10-19-14-5-3-2-4-13(14)15(16)17/h2-9H,10H2,1H3. The van der Waals surface area contributed by atoms with Gasteiger partial charge in [0.25, 0.3) is 5.24 Å². The van der Waals surface area contributed by atoms with Gasteiger partial charge in [-0.1, -0.05) is 24.3 Å². The van der Waals surface area contributed by atoms with Crippen molar-refractivity contribution in [1.82, 2.24) is 0 Å². The average molecular weight is 277 g/mol. The number of methoxy groups -OCH3 is 1. The Balaban J connectivity index is 2.07. The molecule has 0 aliphatic rings. The Kier molecular flexibility index (Phi) is 4.42. The van der Waals surface area contributed by atoms with Crippen LogP contribution < -0.4 is 9.47 Å². The molecule has 2 rings (SSSR count). The van der Waals surface area contributed by atoms with Crippen LogP contribution in [-0.2, 0) is 6.61 Å². The second-order valence-corrected chi connectivity index (χ2v) is 4.25. The van der Waals surface area contributed by atoms with E-state index in [1.165, 1.54) is 0 Å². The number of ether oxygens (including phenoxy) is 2. The first kappa shape index (κ1) is 13.4. The topological polar surface area (TPSA) is 35.5 Å². The maximum absolute atomic E-state index is 11.2. The predicted octanol–water partition coefficient (Wildman–Crippen LogP) is 3.65. The first-order valence-electron chi connectivity index (χ1n) is 5.75. The van der Waals surface area contributed by atoms with Gasteiger partial charge in [0, 0.05) is 0 Å². The molecule has 0 N–H and O–H groups in total. The van der Waals surface area contributed by atoms with Crippen LogP contribution in [0.25, 0.3) is 0 Å². The monoisotopic (exact) mass is 276 g/mol. The lowest BCUT2D eigenvalue weighted by atomic mass is 10.2. The van der Waals surface area contributed by atoms with E-state index in [2.05, 4.69) is 0 Å². The zero-order valence-electron chi connectivity index (χ0n) is 10.4. The molecule has 0 spiro atoms. The fourth-order valence-corrected chi connectivity index (χ4v) is 1.79. The minimum Gasteiger partial charge on any atom is -0.497 e. The molecular formula is C15H13ClO3. The van der Waals surface area contributed by atoms with Crippen molar-refractivity contribution in [2.24, 2.45) is 0 Å². The van der Waals surface area contributed by atoms with E-state index in [0.29, 0.717) is 17.9 Å². The van der Waals surface area contributed by atoms with E-state index in [0.717, 1.165) is 11.3 Å². The Morgan fingerprint density at radius 2 is 1.79 bits per heavy atom. The highest BCUT2D eigenvalue weighted by molar-refractivity contribution is 6.68. The van der Waals surface area contributed by atoms with Gasteiger partial charge in [0.15, 0.2) is 0 Å². The molecule has 0 unspecified atom stereocenters. The van der Waals surface area contributed by atoms with E-state index in [-0.39, 0.29) is 0 Å². The predicted molar refractivity (Wildman–Crippen MR) is 74.0 cm³/mol. The van der Waals surface area contributed by atoms with Gasteiger partial charge in [-0.3, -0.25) is 4.79 Å². The summed E-state index contributed by atoms with van der Waals surface area (Å²) in [5, 5.41) is -0.523. The molecule has 0 aliphatic carbocycles. The van der Waals surface area contributed by atoms with Crippen molar-refractivity contribution in [3.63, 3.8) is 0 Å². The Morgan fingerprint density at radius 1 is 1.11 bits per heavy atom. The number of para-hydroxylation sites is 1. The molecule has 0 amide bonds. The van der Waals surface area contributed by atoms with Crippen molar-refractivity contribution in [2.45, 2.75) is 6.61 Å². The Hall–Kier alpha value is -2.00. The van der Waals surface area contributed by atoms with Gasteiger partial charge in [0.2, 0.25) is 0 Å². The van der Waals surface area contributed by atoms with Gasteiger partial charge >= 0.3 is 0 Å². The summed E-state index contributed by atoms with van der Waals surface area (Å²) >= 11 is 5.49. The summed E-state index contributed by atoms with van der Waals surface area (Å²) < 4.78 is 10.7. The summed E-state index contributed by atoms with van der Waals surface area (Å²) in [6, 6.07) is 14.4. The molecule has 0 atom stereocenters. The number of rotatable bonds is 5. The van der Waals surface area contributed by atoms with Crippen LogP contribution in [0.15, 0.2) is 48.5 Å². The molecule has 3 nitrogen and oxygen atoms in total. The van der Waals surface area contributed by atoms with E-state index < -0.39 is 5.24 Å². The number of carbonyl (C=O) groups is 1. The zero-order valence-corrected chi connectivity index (χ0v) is 11.2. The average Bonchev–Trinajstić information content (AvgIpc) is 2.46. The third-order valence-corrected chi connectivity index (χ3v) is 2.86. The molecule has 2 aromatic rings. The van der Waals surface area contributed by atoms with Crippen LogP contribution in [0, 0.1) is 0 Å². The van der Waals surface area contributed by atoms with Gasteiger partial charge in [-0.2, -0.15) is 0 Å². The fraction of sp³-hybridized carbons (Fsp3) is 0.133. The van der Waals surface area contributed by atoms with Crippen molar-refractivity contribution in [3.05, 3.63) is 59.7 Å². The molecule has 0 saturated carbocycles. The minimum absolute atomic E-state index is 0.366. The van der Waals surface area contributed by atoms with E-state index in [4.69, 9.17) is 21.1 Å². The summed E-state index contributed by atoms with van der Waals surface area (Å²) in [5.41, 5.74) is 1.36. The normalized spacial score (nSPS) is 10.0. The SMILES string of the molecule is COc1ccc(COc2ccccc2C(=O)Cl)cc1. The number of benzene rings is 2. The molecule has 98 valence electrons. The molecular weight excluding hydrogens is 264 g/mol. The van der Waals surface area contributed by atoms with E-state index in [1.807, 2.05) is 24.3 Å². The van der Waals surface area contributed by atoms with Crippen LogP contribution in [-0.4, -0.2) is 12.4 Å². The largest absolute Gasteiger partial charge is 0.497 e. The van der Waals surface area contributed by atoms with Crippen molar-refractivity contribution < 1.29 is 14.3 Å². The molecule has 0 bridgehead atoms. The van der Waals surface area contributed by atoms with Gasteiger partial charge in [0.1, 0.15) is 18.1 Å². The van der Waals surface area contributed by atoms with Crippen LogP contribution in [0.4, 0.5) is 0 Å². The highest BCUT2D eigenvalue weighted by Crippen LogP contribution is 2.21. The highest BCUT2D eigenvalue weighted by atomic mass is 35.5. The lowest BCUT2D eigenvalue weighted by Crippen LogP contribution is -2.00. The third-order valence-electron chi connectivity index (χ3n) is 2.65. The quantitative estimate of drug-likeness (QED) is 0.782. The Labute approximate surface area is 116 Å². The smallest absolute Gasteiger partial charge is 0.256 e. The van der Waals surface area contributed by atoms with Gasteiger partial charge in [-0.05, 0) is 41.4 Å². The van der Waals surface area contributed by atoms with Crippen molar-refractivity contribution in [3.8, 4) is 11.5 Å². The van der Waals surface area contributed by atoms with E-state index in [9.17, 15) is 4.79 Å². The summed E-state index contributed by atoms with van der Waals surface area (Å²) in [5.74, 6) is 1.28. The molecule has 0 saturated heterocycles. The van der Waals surface area contributed by atoms with Crippen LogP contribution in [0.5, 0.6) is 11.5 Å². The molecule has 2 aromatic carbocycles.